The van der Waals surface area contributed by atoms with E-state index in [0.717, 1.165) is 31.2 Å². The van der Waals surface area contributed by atoms with Crippen LogP contribution in [0.1, 0.15) is 45.1 Å². The molecule has 0 aromatic carbocycles. The van der Waals surface area contributed by atoms with E-state index in [1.165, 1.54) is 6.42 Å². The molecule has 2 rings (SSSR count). The molecule has 0 amide bonds. The molecule has 1 atom stereocenters. The van der Waals surface area contributed by atoms with Crippen molar-refractivity contribution in [3.8, 4) is 0 Å². The van der Waals surface area contributed by atoms with Gasteiger partial charge in [-0.15, -0.1) is 0 Å². The van der Waals surface area contributed by atoms with Crippen molar-refractivity contribution < 1.29 is 5.11 Å². The summed E-state index contributed by atoms with van der Waals surface area (Å²) in [5.74, 6) is 0. The van der Waals surface area contributed by atoms with Crippen molar-refractivity contribution in [1.29, 1.82) is 0 Å². The Morgan fingerprint density at radius 1 is 1.31 bits per heavy atom. The lowest BCUT2D eigenvalue weighted by Crippen LogP contribution is -2.48. The van der Waals surface area contributed by atoms with Crippen LogP contribution >= 0.6 is 0 Å². The van der Waals surface area contributed by atoms with E-state index < -0.39 is 5.60 Å². The molecule has 88 valence electrons. The Labute approximate surface area is 97.7 Å². The fraction of sp³-hybridized carbons (Fsp3) is 0.643. The maximum Gasteiger partial charge on any atom is 0.0739 e. The minimum Gasteiger partial charge on any atom is -0.389 e. The number of hydrogen-bond acceptors (Lipinski definition) is 2. The molecule has 1 aliphatic carbocycles. The summed E-state index contributed by atoms with van der Waals surface area (Å²) >= 11 is 0. The van der Waals surface area contributed by atoms with E-state index in [4.69, 9.17) is 0 Å². The number of nitrogens with zero attached hydrogens (tertiary/aromatic N) is 1. The second-order valence-electron chi connectivity index (χ2n) is 5.66. The Bertz CT molecular complexity index is 347. The summed E-state index contributed by atoms with van der Waals surface area (Å²) in [5.41, 5.74) is 0.593. The predicted octanol–water partition coefficient (Wildman–Crippen LogP) is 2.96. The first kappa shape index (κ1) is 11.6. The van der Waals surface area contributed by atoms with Crippen molar-refractivity contribution in [3.05, 3.63) is 30.1 Å². The number of aromatic nitrogens is 1. The predicted molar refractivity (Wildman–Crippen MR) is 65.1 cm³/mol. The lowest BCUT2D eigenvalue weighted by molar-refractivity contribution is -0.0958. The van der Waals surface area contributed by atoms with Gasteiger partial charge in [-0.1, -0.05) is 32.8 Å². The van der Waals surface area contributed by atoms with Crippen molar-refractivity contribution in [2.24, 2.45) is 5.41 Å². The SMILES string of the molecule is CC1(C)CCCCC1(O)Cc1cccnc1. The molecule has 1 saturated carbocycles. The second kappa shape index (κ2) is 4.17. The first-order valence-electron chi connectivity index (χ1n) is 6.15. The second-order valence-corrected chi connectivity index (χ2v) is 5.66. The average molecular weight is 219 g/mol. The quantitative estimate of drug-likeness (QED) is 0.829. The van der Waals surface area contributed by atoms with E-state index in [-0.39, 0.29) is 5.41 Å². The Balaban J connectivity index is 2.18. The zero-order valence-corrected chi connectivity index (χ0v) is 10.2. The van der Waals surface area contributed by atoms with Gasteiger partial charge in [0.2, 0.25) is 0 Å². The molecule has 1 aliphatic rings. The molecule has 2 heteroatoms. The van der Waals surface area contributed by atoms with E-state index in [1.54, 1.807) is 6.20 Å². The van der Waals surface area contributed by atoms with Gasteiger partial charge < -0.3 is 5.11 Å². The van der Waals surface area contributed by atoms with E-state index in [1.807, 2.05) is 12.3 Å². The molecule has 1 heterocycles. The highest BCUT2D eigenvalue weighted by Gasteiger charge is 2.44. The zero-order valence-electron chi connectivity index (χ0n) is 10.2. The molecule has 0 aliphatic heterocycles. The standard InChI is InChI=1S/C14H21NO/c1-13(2)7-3-4-8-14(13,16)10-12-6-5-9-15-11-12/h5-6,9,11,16H,3-4,7-8,10H2,1-2H3. The van der Waals surface area contributed by atoms with Gasteiger partial charge in [0, 0.05) is 18.8 Å². The molecule has 16 heavy (non-hydrogen) atoms. The summed E-state index contributed by atoms with van der Waals surface area (Å²) in [6.07, 6.45) is 8.78. The molecule has 1 N–H and O–H groups in total. The molecular weight excluding hydrogens is 198 g/mol. The first-order chi connectivity index (χ1) is 7.54. The molecule has 0 spiro atoms. The minimum atomic E-state index is -0.561. The van der Waals surface area contributed by atoms with E-state index in [2.05, 4.69) is 24.9 Å². The molecule has 0 saturated heterocycles. The van der Waals surface area contributed by atoms with Gasteiger partial charge >= 0.3 is 0 Å². The van der Waals surface area contributed by atoms with Crippen molar-refractivity contribution in [1.82, 2.24) is 4.98 Å². The fourth-order valence-corrected chi connectivity index (χ4v) is 2.72. The molecule has 1 aromatic rings. The number of rotatable bonds is 2. The van der Waals surface area contributed by atoms with Gasteiger partial charge in [-0.25, -0.2) is 0 Å². The Kier molecular flexibility index (Phi) is 3.02. The van der Waals surface area contributed by atoms with Gasteiger partial charge in [-0.05, 0) is 29.9 Å². The Morgan fingerprint density at radius 3 is 2.69 bits per heavy atom. The molecule has 1 aromatic heterocycles. The van der Waals surface area contributed by atoms with Crippen LogP contribution in [0.25, 0.3) is 0 Å². The van der Waals surface area contributed by atoms with Crippen LogP contribution in [0.15, 0.2) is 24.5 Å². The van der Waals surface area contributed by atoms with Crippen LogP contribution in [0.3, 0.4) is 0 Å². The maximum absolute atomic E-state index is 10.8. The summed E-state index contributed by atoms with van der Waals surface area (Å²) in [6, 6.07) is 3.99. The van der Waals surface area contributed by atoms with Crippen LogP contribution in [0.4, 0.5) is 0 Å². The van der Waals surface area contributed by atoms with Gasteiger partial charge in [0.1, 0.15) is 0 Å². The van der Waals surface area contributed by atoms with Crippen molar-refractivity contribution in [2.45, 2.75) is 51.6 Å². The van der Waals surface area contributed by atoms with Gasteiger partial charge in [-0.3, -0.25) is 4.98 Å². The number of pyridine rings is 1. The molecule has 0 radical (unpaired) electrons. The molecule has 0 bridgehead atoms. The van der Waals surface area contributed by atoms with Crippen LogP contribution < -0.4 is 0 Å². The normalized spacial score (nSPS) is 28.9. The van der Waals surface area contributed by atoms with Crippen LogP contribution in [-0.2, 0) is 6.42 Å². The summed E-state index contributed by atoms with van der Waals surface area (Å²) in [6.45, 7) is 4.37. The summed E-state index contributed by atoms with van der Waals surface area (Å²) in [7, 11) is 0. The molecule has 1 fully saturated rings. The zero-order chi connectivity index (χ0) is 11.6. The molecular formula is C14H21NO. The lowest BCUT2D eigenvalue weighted by atomic mass is 9.63. The van der Waals surface area contributed by atoms with Crippen LogP contribution in [0, 0.1) is 5.41 Å². The first-order valence-corrected chi connectivity index (χ1v) is 6.15. The number of hydrogen-bond donors (Lipinski definition) is 1. The Morgan fingerprint density at radius 2 is 2.06 bits per heavy atom. The highest BCUT2D eigenvalue weighted by molar-refractivity contribution is 5.14. The maximum atomic E-state index is 10.8. The monoisotopic (exact) mass is 219 g/mol. The van der Waals surface area contributed by atoms with Crippen molar-refractivity contribution in [2.75, 3.05) is 0 Å². The van der Waals surface area contributed by atoms with Crippen LogP contribution in [-0.4, -0.2) is 15.7 Å². The third-order valence-electron chi connectivity index (χ3n) is 4.12. The van der Waals surface area contributed by atoms with Gasteiger partial charge in [0.25, 0.3) is 0 Å². The van der Waals surface area contributed by atoms with Gasteiger partial charge in [0.15, 0.2) is 0 Å². The van der Waals surface area contributed by atoms with Gasteiger partial charge in [0.05, 0.1) is 5.60 Å². The van der Waals surface area contributed by atoms with Gasteiger partial charge in [-0.2, -0.15) is 0 Å². The molecule has 1 unspecified atom stereocenters. The fourth-order valence-electron chi connectivity index (χ4n) is 2.72. The average Bonchev–Trinajstić information content (AvgIpc) is 2.24. The van der Waals surface area contributed by atoms with E-state index >= 15 is 0 Å². The third-order valence-corrected chi connectivity index (χ3v) is 4.12. The lowest BCUT2D eigenvalue weighted by Gasteiger charge is -2.46. The third kappa shape index (κ3) is 2.12. The van der Waals surface area contributed by atoms with Crippen molar-refractivity contribution >= 4 is 0 Å². The largest absolute Gasteiger partial charge is 0.389 e. The topological polar surface area (TPSA) is 33.1 Å². The van der Waals surface area contributed by atoms with Crippen LogP contribution in [0.5, 0.6) is 0 Å². The van der Waals surface area contributed by atoms with E-state index in [9.17, 15) is 5.11 Å². The minimum absolute atomic E-state index is 0.0150. The summed E-state index contributed by atoms with van der Waals surface area (Å²) in [5, 5.41) is 10.8. The highest BCUT2D eigenvalue weighted by Crippen LogP contribution is 2.45. The van der Waals surface area contributed by atoms with E-state index in [0.29, 0.717) is 0 Å². The number of aliphatic hydroxyl groups is 1. The van der Waals surface area contributed by atoms with Crippen LogP contribution in [0.2, 0.25) is 0 Å². The Hall–Kier alpha value is -0.890. The summed E-state index contributed by atoms with van der Waals surface area (Å²) < 4.78 is 0. The molecule has 2 nitrogen and oxygen atoms in total. The highest BCUT2D eigenvalue weighted by atomic mass is 16.3. The van der Waals surface area contributed by atoms with Crippen molar-refractivity contribution in [3.63, 3.8) is 0 Å². The summed E-state index contributed by atoms with van der Waals surface area (Å²) in [4.78, 5) is 4.12. The smallest absolute Gasteiger partial charge is 0.0739 e.